The number of halogens is 1. The highest BCUT2D eigenvalue weighted by Gasteiger charge is 2.16. The quantitative estimate of drug-likeness (QED) is 0.888. The molecule has 2 aromatic rings. The summed E-state index contributed by atoms with van der Waals surface area (Å²) in [6, 6.07) is 9.50. The van der Waals surface area contributed by atoms with Crippen molar-refractivity contribution >= 4 is 23.4 Å². The molecule has 2 N–H and O–H groups in total. The van der Waals surface area contributed by atoms with E-state index in [4.69, 9.17) is 11.6 Å². The van der Waals surface area contributed by atoms with Crippen LogP contribution in [0, 0.1) is 0 Å². The average Bonchev–Trinajstić information content (AvgIpc) is 2.54. The minimum Gasteiger partial charge on any atom is -0.350 e. The van der Waals surface area contributed by atoms with Crippen molar-refractivity contribution in [2.75, 3.05) is 0 Å². The maximum absolute atomic E-state index is 12.0. The summed E-state index contributed by atoms with van der Waals surface area (Å²) in [6.07, 6.45) is 3.34. The van der Waals surface area contributed by atoms with E-state index in [0.29, 0.717) is 17.1 Å². The van der Waals surface area contributed by atoms with Crippen molar-refractivity contribution < 1.29 is 9.59 Å². The van der Waals surface area contributed by atoms with Crippen molar-refractivity contribution in [1.82, 2.24) is 15.6 Å². The molecule has 6 heteroatoms. The van der Waals surface area contributed by atoms with Gasteiger partial charge in [0.2, 0.25) is 5.91 Å². The topological polar surface area (TPSA) is 71.1 Å². The van der Waals surface area contributed by atoms with Gasteiger partial charge in [0, 0.05) is 29.5 Å². The summed E-state index contributed by atoms with van der Waals surface area (Å²) in [6.45, 7) is 2.00. The van der Waals surface area contributed by atoms with Crippen LogP contribution in [0.3, 0.4) is 0 Å². The summed E-state index contributed by atoms with van der Waals surface area (Å²) in [7, 11) is 0. The van der Waals surface area contributed by atoms with Gasteiger partial charge in [-0.05, 0) is 42.8 Å². The molecular weight excluding hydrogens is 302 g/mol. The molecule has 0 fully saturated rings. The largest absolute Gasteiger partial charge is 0.350 e. The van der Waals surface area contributed by atoms with E-state index in [1.165, 1.54) is 0 Å². The number of amides is 2. The number of carbonyl (C=O) groups is 2. The Morgan fingerprint density at radius 2 is 1.95 bits per heavy atom. The van der Waals surface area contributed by atoms with E-state index >= 15 is 0 Å². The van der Waals surface area contributed by atoms with Gasteiger partial charge < -0.3 is 10.6 Å². The first-order valence-corrected chi connectivity index (χ1v) is 7.17. The Labute approximate surface area is 133 Å². The van der Waals surface area contributed by atoms with Gasteiger partial charge in [-0.25, -0.2) is 0 Å². The van der Waals surface area contributed by atoms with Crippen molar-refractivity contribution in [3.8, 4) is 0 Å². The monoisotopic (exact) mass is 317 g/mol. The summed E-state index contributed by atoms with van der Waals surface area (Å²) >= 11 is 5.77. The first-order chi connectivity index (χ1) is 10.6. The van der Waals surface area contributed by atoms with Crippen LogP contribution >= 0.6 is 11.6 Å². The first-order valence-electron chi connectivity index (χ1n) is 6.79. The van der Waals surface area contributed by atoms with Gasteiger partial charge in [-0.1, -0.05) is 17.7 Å². The molecule has 1 atom stereocenters. The lowest BCUT2D eigenvalue weighted by Gasteiger charge is -2.14. The minimum atomic E-state index is -0.639. The number of pyridine rings is 1. The number of aromatic nitrogens is 1. The van der Waals surface area contributed by atoms with Crippen LogP contribution in [0.15, 0.2) is 48.8 Å². The van der Waals surface area contributed by atoms with E-state index in [1.54, 1.807) is 49.6 Å². The second-order valence-electron chi connectivity index (χ2n) is 4.78. The number of nitrogens with zero attached hydrogens (tertiary/aromatic N) is 1. The third-order valence-electron chi connectivity index (χ3n) is 3.04. The zero-order valence-corrected chi connectivity index (χ0v) is 12.8. The summed E-state index contributed by atoms with van der Waals surface area (Å²) < 4.78 is 0. The van der Waals surface area contributed by atoms with Crippen molar-refractivity contribution in [2.24, 2.45) is 0 Å². The third-order valence-corrected chi connectivity index (χ3v) is 3.29. The maximum atomic E-state index is 12.0. The highest BCUT2D eigenvalue weighted by atomic mass is 35.5. The molecule has 0 aliphatic carbocycles. The Morgan fingerprint density at radius 1 is 1.23 bits per heavy atom. The predicted molar refractivity (Wildman–Crippen MR) is 84.5 cm³/mol. The Hall–Kier alpha value is -2.40. The van der Waals surface area contributed by atoms with Crippen molar-refractivity contribution in [2.45, 2.75) is 19.5 Å². The van der Waals surface area contributed by atoms with Crippen molar-refractivity contribution in [1.29, 1.82) is 0 Å². The average molecular weight is 318 g/mol. The zero-order valence-electron chi connectivity index (χ0n) is 12.0. The predicted octanol–water partition coefficient (Wildman–Crippen LogP) is 2.17. The van der Waals surface area contributed by atoms with Gasteiger partial charge in [0.15, 0.2) is 0 Å². The van der Waals surface area contributed by atoms with Crippen LogP contribution in [0.2, 0.25) is 5.02 Å². The van der Waals surface area contributed by atoms with Gasteiger partial charge in [-0.3, -0.25) is 14.6 Å². The molecule has 0 saturated heterocycles. The molecule has 2 amide bonds. The molecule has 0 spiro atoms. The molecular formula is C16H16ClN3O2. The molecule has 0 saturated carbocycles. The fourth-order valence-corrected chi connectivity index (χ4v) is 1.92. The Balaban J connectivity index is 1.85. The summed E-state index contributed by atoms with van der Waals surface area (Å²) in [5.41, 5.74) is 1.35. The Bertz CT molecular complexity index is 644. The number of hydrogen-bond donors (Lipinski definition) is 2. The fraction of sp³-hybridized carbons (Fsp3) is 0.188. The zero-order chi connectivity index (χ0) is 15.9. The molecule has 1 heterocycles. The molecule has 1 aromatic heterocycles. The van der Waals surface area contributed by atoms with E-state index in [0.717, 1.165) is 5.56 Å². The van der Waals surface area contributed by atoms with Gasteiger partial charge in [0.25, 0.3) is 5.91 Å². The summed E-state index contributed by atoms with van der Waals surface area (Å²) in [5, 5.41) is 5.95. The van der Waals surface area contributed by atoms with Crippen LogP contribution in [-0.2, 0) is 11.3 Å². The minimum absolute atomic E-state index is 0.258. The molecule has 0 unspecified atom stereocenters. The van der Waals surface area contributed by atoms with Crippen LogP contribution in [0.5, 0.6) is 0 Å². The second kappa shape index (κ2) is 7.56. The van der Waals surface area contributed by atoms with Crippen molar-refractivity contribution in [3.63, 3.8) is 0 Å². The van der Waals surface area contributed by atoms with Crippen LogP contribution in [-0.4, -0.2) is 22.8 Å². The van der Waals surface area contributed by atoms with E-state index < -0.39 is 6.04 Å². The van der Waals surface area contributed by atoms with Crippen molar-refractivity contribution in [3.05, 3.63) is 64.9 Å². The van der Waals surface area contributed by atoms with Gasteiger partial charge in [0.05, 0.1) is 0 Å². The van der Waals surface area contributed by atoms with Gasteiger partial charge >= 0.3 is 0 Å². The standard InChI is InChI=1S/C16H16ClN3O2/c1-11(15(21)19-10-12-3-2-8-18-9-12)20-16(22)13-4-6-14(17)7-5-13/h2-9,11H,10H2,1H3,(H,19,21)(H,20,22)/t11-/m0/s1. The van der Waals surface area contributed by atoms with E-state index in [2.05, 4.69) is 15.6 Å². The number of rotatable bonds is 5. The maximum Gasteiger partial charge on any atom is 0.251 e. The van der Waals surface area contributed by atoms with Crippen LogP contribution < -0.4 is 10.6 Å². The fourth-order valence-electron chi connectivity index (χ4n) is 1.79. The molecule has 0 aliphatic rings. The molecule has 5 nitrogen and oxygen atoms in total. The molecule has 114 valence electrons. The second-order valence-corrected chi connectivity index (χ2v) is 5.22. The van der Waals surface area contributed by atoms with Gasteiger partial charge in [-0.15, -0.1) is 0 Å². The third kappa shape index (κ3) is 4.56. The summed E-state index contributed by atoms with van der Waals surface area (Å²) in [4.78, 5) is 27.9. The number of hydrogen-bond acceptors (Lipinski definition) is 3. The number of nitrogens with one attached hydrogen (secondary N) is 2. The smallest absolute Gasteiger partial charge is 0.251 e. The van der Waals surface area contributed by atoms with E-state index in [-0.39, 0.29) is 11.8 Å². The molecule has 1 aromatic carbocycles. The van der Waals surface area contributed by atoms with Crippen LogP contribution in [0.4, 0.5) is 0 Å². The lowest BCUT2D eigenvalue weighted by molar-refractivity contribution is -0.122. The van der Waals surface area contributed by atoms with Gasteiger partial charge in [-0.2, -0.15) is 0 Å². The van der Waals surface area contributed by atoms with E-state index in [9.17, 15) is 9.59 Å². The number of carbonyl (C=O) groups excluding carboxylic acids is 2. The highest BCUT2D eigenvalue weighted by Crippen LogP contribution is 2.09. The highest BCUT2D eigenvalue weighted by molar-refractivity contribution is 6.30. The lowest BCUT2D eigenvalue weighted by atomic mass is 10.2. The molecule has 0 aliphatic heterocycles. The first kappa shape index (κ1) is 16.0. The number of benzene rings is 1. The lowest BCUT2D eigenvalue weighted by Crippen LogP contribution is -2.44. The van der Waals surface area contributed by atoms with Crippen LogP contribution in [0.25, 0.3) is 0 Å². The molecule has 0 radical (unpaired) electrons. The molecule has 0 bridgehead atoms. The SMILES string of the molecule is C[C@H](NC(=O)c1ccc(Cl)cc1)C(=O)NCc1cccnc1. The van der Waals surface area contributed by atoms with Gasteiger partial charge in [0.1, 0.15) is 6.04 Å². The Kier molecular flexibility index (Phi) is 5.49. The summed E-state index contributed by atoms with van der Waals surface area (Å²) in [5.74, 6) is -0.577. The Morgan fingerprint density at radius 3 is 2.59 bits per heavy atom. The molecule has 22 heavy (non-hydrogen) atoms. The molecule has 2 rings (SSSR count). The van der Waals surface area contributed by atoms with Crippen LogP contribution in [0.1, 0.15) is 22.8 Å². The van der Waals surface area contributed by atoms with E-state index in [1.807, 2.05) is 6.07 Å². The normalized spacial score (nSPS) is 11.5.